The van der Waals surface area contributed by atoms with Crippen LogP contribution in [0.3, 0.4) is 0 Å². The van der Waals surface area contributed by atoms with Gasteiger partial charge >= 0.3 is 16.4 Å². The molecule has 6 rings (SSSR count). The summed E-state index contributed by atoms with van der Waals surface area (Å²) in [5.74, 6) is -1.22. The fraction of sp³-hybridized carbons (Fsp3) is 0.649. The highest BCUT2D eigenvalue weighted by Gasteiger charge is 2.62. The Morgan fingerprint density at radius 2 is 1.74 bits per heavy atom. The molecule has 4 amide bonds. The number of hydrogen-bond acceptors (Lipinski definition) is 11. The first-order valence-electron chi connectivity index (χ1n) is 18.5. The number of pyridine rings is 1. The molecule has 290 valence electrons. The fourth-order valence-corrected chi connectivity index (χ4v) is 8.51. The molecule has 2 heterocycles. The molecule has 0 spiro atoms. The Labute approximate surface area is 310 Å². The van der Waals surface area contributed by atoms with Gasteiger partial charge in [-0.2, -0.15) is 8.42 Å². The van der Waals surface area contributed by atoms with Crippen molar-refractivity contribution in [2.75, 3.05) is 13.7 Å². The van der Waals surface area contributed by atoms with Crippen molar-refractivity contribution in [1.29, 1.82) is 0 Å². The Balaban J connectivity index is 1.27. The van der Waals surface area contributed by atoms with Gasteiger partial charge in [-0.15, -0.1) is 0 Å². The third kappa shape index (κ3) is 8.48. The van der Waals surface area contributed by atoms with Gasteiger partial charge in [0.2, 0.25) is 11.8 Å². The zero-order valence-electron chi connectivity index (χ0n) is 31.2. The SMILES string of the molecule is CC[C@@H]1C[C@]1(NC(=O)C1C[C@@H](Oc2ccnc3c(C)c(OC)ccc23)CN1C(=O)C(NC(=O)OC1CCCC1)C(C)(C)C)C(=O)NS(=O)(=O)OC1CC1. The summed E-state index contributed by atoms with van der Waals surface area (Å²) in [6.45, 7) is 9.15. The van der Waals surface area contributed by atoms with Crippen LogP contribution < -0.4 is 24.8 Å². The number of ether oxygens (including phenoxy) is 3. The molecule has 3 aliphatic carbocycles. The van der Waals surface area contributed by atoms with Crippen LogP contribution in [0.1, 0.15) is 91.0 Å². The molecule has 3 N–H and O–H groups in total. The Morgan fingerprint density at radius 3 is 2.36 bits per heavy atom. The van der Waals surface area contributed by atoms with E-state index in [-0.39, 0.29) is 31.4 Å². The molecule has 2 aromatic rings. The van der Waals surface area contributed by atoms with Crippen LogP contribution >= 0.6 is 0 Å². The maximum atomic E-state index is 14.6. The average molecular weight is 758 g/mol. The van der Waals surface area contributed by atoms with E-state index in [1.807, 2.05) is 51.5 Å². The number of methoxy groups -OCH3 is 1. The van der Waals surface area contributed by atoms with E-state index in [1.54, 1.807) is 19.4 Å². The highest BCUT2D eigenvalue weighted by molar-refractivity contribution is 7.85. The molecule has 15 nitrogen and oxygen atoms in total. The van der Waals surface area contributed by atoms with Gasteiger partial charge in [0, 0.05) is 23.6 Å². The first kappa shape index (κ1) is 38.5. The number of carbonyl (C=O) groups excluding carboxylic acids is 4. The molecule has 4 aliphatic rings. The molecule has 1 aliphatic heterocycles. The van der Waals surface area contributed by atoms with Crippen LogP contribution in [-0.2, 0) is 33.6 Å². The van der Waals surface area contributed by atoms with Crippen LogP contribution in [0.4, 0.5) is 4.79 Å². The number of carbonyl (C=O) groups is 4. The van der Waals surface area contributed by atoms with Crippen LogP contribution in [0.2, 0.25) is 0 Å². The lowest BCUT2D eigenvalue weighted by Crippen LogP contribution is -2.60. The predicted molar refractivity (Wildman–Crippen MR) is 193 cm³/mol. The summed E-state index contributed by atoms with van der Waals surface area (Å²) in [7, 11) is -2.81. The number of nitrogens with one attached hydrogen (secondary N) is 3. The van der Waals surface area contributed by atoms with E-state index in [9.17, 15) is 27.6 Å². The fourth-order valence-electron chi connectivity index (χ4n) is 7.50. The summed E-state index contributed by atoms with van der Waals surface area (Å²) >= 11 is 0. The number of aromatic nitrogens is 1. The minimum atomic E-state index is -4.39. The van der Waals surface area contributed by atoms with Crippen LogP contribution in [0.25, 0.3) is 10.9 Å². The van der Waals surface area contributed by atoms with Crippen LogP contribution in [-0.4, -0.2) is 91.7 Å². The Bertz CT molecular complexity index is 1860. The second-order valence-electron chi connectivity index (χ2n) is 15.8. The number of benzene rings is 1. The van der Waals surface area contributed by atoms with Crippen molar-refractivity contribution in [2.45, 2.75) is 128 Å². The van der Waals surface area contributed by atoms with E-state index < -0.39 is 69.4 Å². The second-order valence-corrected chi connectivity index (χ2v) is 17.1. The minimum Gasteiger partial charge on any atom is -0.496 e. The number of aryl methyl sites for hydroxylation is 1. The van der Waals surface area contributed by atoms with Crippen LogP contribution in [0.15, 0.2) is 24.4 Å². The molecule has 0 bridgehead atoms. The van der Waals surface area contributed by atoms with Gasteiger partial charge < -0.3 is 29.7 Å². The Morgan fingerprint density at radius 1 is 1.02 bits per heavy atom. The molecule has 3 saturated carbocycles. The predicted octanol–water partition coefficient (Wildman–Crippen LogP) is 3.81. The highest BCUT2D eigenvalue weighted by atomic mass is 32.2. The molecule has 1 saturated heterocycles. The highest BCUT2D eigenvalue weighted by Crippen LogP contribution is 2.47. The van der Waals surface area contributed by atoms with Crippen molar-refractivity contribution >= 4 is 45.0 Å². The van der Waals surface area contributed by atoms with E-state index in [1.165, 1.54) is 4.90 Å². The number of hydrogen-bond donors (Lipinski definition) is 3. The zero-order valence-corrected chi connectivity index (χ0v) is 32.0. The van der Waals surface area contributed by atoms with Crippen molar-refractivity contribution in [3.63, 3.8) is 0 Å². The molecule has 1 aromatic carbocycles. The monoisotopic (exact) mass is 757 g/mol. The largest absolute Gasteiger partial charge is 0.496 e. The summed E-state index contributed by atoms with van der Waals surface area (Å²) in [6, 6.07) is 3.17. The molecule has 16 heteroatoms. The van der Waals surface area contributed by atoms with Crippen LogP contribution in [0, 0.1) is 18.3 Å². The number of likely N-dealkylation sites (tertiary alicyclic amines) is 1. The standard InChI is InChI=1S/C37H51N5O10S/c1-7-22-19-37(22,34(45)41-53(47,48)52-24-12-13-24)40-32(43)27-18-25(50-29-16-17-38-30-21(2)28(49-6)15-14-26(29)30)20-42(27)33(44)31(36(3,4)5)39-35(46)51-23-10-8-9-11-23/h14-17,22-25,27,31H,7-13,18-20H2,1-6H3,(H,39,46)(H,40,43)(H,41,45)/t22-,25-,27?,31?,37-/m1/s1. The van der Waals surface area contributed by atoms with Gasteiger partial charge in [0.25, 0.3) is 5.91 Å². The smallest absolute Gasteiger partial charge is 0.408 e. The molecular weight excluding hydrogens is 706 g/mol. The average Bonchev–Trinajstić information content (AvgIpc) is 3.92. The van der Waals surface area contributed by atoms with Gasteiger partial charge in [-0.1, -0.05) is 34.1 Å². The van der Waals surface area contributed by atoms with Gasteiger partial charge in [-0.25, -0.2) is 9.52 Å². The van der Waals surface area contributed by atoms with Gasteiger partial charge in [0.1, 0.15) is 41.3 Å². The van der Waals surface area contributed by atoms with Gasteiger partial charge in [0.05, 0.1) is 25.3 Å². The van der Waals surface area contributed by atoms with E-state index in [0.717, 1.165) is 36.6 Å². The quantitative estimate of drug-likeness (QED) is 0.269. The molecule has 1 aromatic heterocycles. The number of fused-ring (bicyclic) bond motifs is 1. The van der Waals surface area contributed by atoms with Gasteiger partial charge in [-0.3, -0.25) is 23.6 Å². The maximum Gasteiger partial charge on any atom is 0.408 e. The normalized spacial score (nSPS) is 25.1. The lowest BCUT2D eigenvalue weighted by Gasteiger charge is -2.35. The molecule has 0 radical (unpaired) electrons. The summed E-state index contributed by atoms with van der Waals surface area (Å²) in [5, 5.41) is 6.33. The van der Waals surface area contributed by atoms with Gasteiger partial charge in [-0.05, 0) is 81.4 Å². The minimum absolute atomic E-state index is 0.0121. The van der Waals surface area contributed by atoms with Crippen molar-refractivity contribution in [3.05, 3.63) is 30.0 Å². The molecule has 4 fully saturated rings. The number of nitrogens with zero attached hydrogens (tertiary/aromatic N) is 2. The lowest BCUT2D eigenvalue weighted by atomic mass is 9.85. The van der Waals surface area contributed by atoms with Crippen molar-refractivity contribution in [2.24, 2.45) is 11.3 Å². The molecular formula is C37H51N5O10S. The Hall–Kier alpha value is -4.18. The van der Waals surface area contributed by atoms with Crippen molar-refractivity contribution in [1.82, 2.24) is 25.2 Å². The van der Waals surface area contributed by atoms with Crippen molar-refractivity contribution < 1.29 is 46.0 Å². The number of alkyl carbamates (subject to hydrolysis) is 1. The third-order valence-electron chi connectivity index (χ3n) is 10.7. The molecule has 2 unspecified atom stereocenters. The number of rotatable bonds is 13. The molecule has 5 atom stereocenters. The van der Waals surface area contributed by atoms with Crippen LogP contribution in [0.5, 0.6) is 11.5 Å². The van der Waals surface area contributed by atoms with E-state index in [2.05, 4.69) is 15.6 Å². The Kier molecular flexibility index (Phi) is 10.9. The van der Waals surface area contributed by atoms with Gasteiger partial charge in [0.15, 0.2) is 0 Å². The summed E-state index contributed by atoms with van der Waals surface area (Å²) in [5.41, 5.74) is -0.801. The topological polar surface area (TPSA) is 192 Å². The summed E-state index contributed by atoms with van der Waals surface area (Å²) in [6.07, 6.45) is 4.90. The first-order valence-corrected chi connectivity index (χ1v) is 19.9. The zero-order chi connectivity index (χ0) is 38.3. The summed E-state index contributed by atoms with van der Waals surface area (Å²) in [4.78, 5) is 61.4. The summed E-state index contributed by atoms with van der Waals surface area (Å²) < 4.78 is 49.8. The molecule has 53 heavy (non-hydrogen) atoms. The van der Waals surface area contributed by atoms with E-state index in [0.29, 0.717) is 36.3 Å². The third-order valence-corrected chi connectivity index (χ3v) is 11.7. The number of amides is 4. The van der Waals surface area contributed by atoms with E-state index in [4.69, 9.17) is 18.4 Å². The van der Waals surface area contributed by atoms with Crippen molar-refractivity contribution in [3.8, 4) is 11.5 Å². The second kappa shape index (κ2) is 14.9. The maximum absolute atomic E-state index is 14.6. The first-order chi connectivity index (χ1) is 25.0. The van der Waals surface area contributed by atoms with E-state index >= 15 is 0 Å². The lowest BCUT2D eigenvalue weighted by molar-refractivity contribution is -0.143.